The fourth-order valence-corrected chi connectivity index (χ4v) is 4.56. The Hall–Kier alpha value is -0.520. The van der Waals surface area contributed by atoms with Gasteiger partial charge in [0.05, 0.1) is 5.88 Å². The summed E-state index contributed by atoms with van der Waals surface area (Å²) in [6, 6.07) is 1.90. The van der Waals surface area contributed by atoms with Crippen LogP contribution in [0.3, 0.4) is 0 Å². The summed E-state index contributed by atoms with van der Waals surface area (Å²) >= 11 is 5.92. The van der Waals surface area contributed by atoms with Crippen molar-refractivity contribution in [1.82, 2.24) is 8.87 Å². The summed E-state index contributed by atoms with van der Waals surface area (Å²) in [6.45, 7) is 9.45. The van der Waals surface area contributed by atoms with Gasteiger partial charge >= 0.3 is 0 Å². The van der Waals surface area contributed by atoms with Crippen molar-refractivity contribution < 1.29 is 8.42 Å². The molecule has 0 spiro atoms. The van der Waals surface area contributed by atoms with Gasteiger partial charge in [-0.25, -0.2) is 8.42 Å². The molecule has 0 radical (unpaired) electrons. The third kappa shape index (κ3) is 2.76. The monoisotopic (exact) mass is 318 g/mol. The van der Waals surface area contributed by atoms with Gasteiger partial charge in [0.1, 0.15) is 4.90 Å². The smallest absolute Gasteiger partial charge is 0.244 e. The van der Waals surface area contributed by atoms with Crippen molar-refractivity contribution in [3.63, 3.8) is 0 Å². The number of rotatable bonds is 4. The summed E-state index contributed by atoms with van der Waals surface area (Å²) in [7, 11) is -3.40. The minimum atomic E-state index is -3.40. The molecule has 1 fully saturated rings. The highest BCUT2D eigenvalue weighted by Crippen LogP contribution is 2.29. The molecule has 2 unspecified atom stereocenters. The molecule has 0 saturated carbocycles. The first-order chi connectivity index (χ1) is 9.27. The van der Waals surface area contributed by atoms with Crippen LogP contribution in [0.2, 0.25) is 0 Å². The van der Waals surface area contributed by atoms with Crippen LogP contribution in [-0.2, 0) is 15.9 Å². The Balaban J connectivity index is 2.35. The Morgan fingerprint density at radius 2 is 1.85 bits per heavy atom. The topological polar surface area (TPSA) is 42.3 Å². The number of halogens is 1. The standard InChI is InChI=1S/C14H23ClN2O2S/c1-10(2)17-9-14(5-13(17)6-15)20(18,19)16-7-11(3)12(4)8-16/h5,9-12H,6-8H2,1-4H3. The summed E-state index contributed by atoms with van der Waals surface area (Å²) in [6.07, 6.45) is 1.71. The molecule has 1 saturated heterocycles. The Morgan fingerprint density at radius 3 is 2.25 bits per heavy atom. The van der Waals surface area contributed by atoms with Crippen LogP contribution >= 0.6 is 11.6 Å². The quantitative estimate of drug-likeness (QED) is 0.801. The Kier molecular flexibility index (Phi) is 4.52. The highest BCUT2D eigenvalue weighted by atomic mass is 35.5. The lowest BCUT2D eigenvalue weighted by Gasteiger charge is -2.15. The minimum Gasteiger partial charge on any atom is -0.346 e. The Labute approximate surface area is 126 Å². The van der Waals surface area contributed by atoms with Crippen LogP contribution in [0.15, 0.2) is 17.2 Å². The number of sulfonamides is 1. The zero-order valence-electron chi connectivity index (χ0n) is 12.5. The molecule has 1 aromatic rings. The second-order valence-electron chi connectivity index (χ2n) is 6.08. The van der Waals surface area contributed by atoms with Gasteiger partial charge in [0.25, 0.3) is 0 Å². The maximum absolute atomic E-state index is 12.7. The van der Waals surface area contributed by atoms with E-state index in [1.807, 2.05) is 18.4 Å². The first kappa shape index (κ1) is 15.9. The molecule has 4 nitrogen and oxygen atoms in total. The maximum Gasteiger partial charge on any atom is 0.244 e. The third-order valence-corrected chi connectivity index (χ3v) is 6.26. The van der Waals surface area contributed by atoms with E-state index >= 15 is 0 Å². The first-order valence-electron chi connectivity index (χ1n) is 7.04. The SMILES string of the molecule is CC1CN(S(=O)(=O)c2cc(CCl)n(C(C)C)c2)CC1C. The molecule has 6 heteroatoms. The van der Waals surface area contributed by atoms with E-state index in [1.54, 1.807) is 16.6 Å². The average molecular weight is 319 g/mol. The highest BCUT2D eigenvalue weighted by molar-refractivity contribution is 7.89. The summed E-state index contributed by atoms with van der Waals surface area (Å²) in [5.74, 6) is 1.13. The molecule has 114 valence electrons. The molecule has 2 heterocycles. The lowest BCUT2D eigenvalue weighted by atomic mass is 10.0. The van der Waals surface area contributed by atoms with Gasteiger partial charge in [0, 0.05) is 31.0 Å². The molecule has 1 aliphatic rings. The molecule has 20 heavy (non-hydrogen) atoms. The van der Waals surface area contributed by atoms with Crippen molar-refractivity contribution in [1.29, 1.82) is 0 Å². The lowest BCUT2D eigenvalue weighted by molar-refractivity contribution is 0.463. The van der Waals surface area contributed by atoms with E-state index in [0.717, 1.165) is 5.69 Å². The van der Waals surface area contributed by atoms with Crippen molar-refractivity contribution in [2.24, 2.45) is 11.8 Å². The van der Waals surface area contributed by atoms with Gasteiger partial charge in [0.2, 0.25) is 10.0 Å². The normalized spacial score (nSPS) is 24.7. The minimum absolute atomic E-state index is 0.198. The predicted octanol–water partition coefficient (Wildman–Crippen LogP) is 3.08. The van der Waals surface area contributed by atoms with Gasteiger partial charge in [-0.15, -0.1) is 11.6 Å². The first-order valence-corrected chi connectivity index (χ1v) is 9.01. The van der Waals surface area contributed by atoms with E-state index in [-0.39, 0.29) is 6.04 Å². The number of nitrogens with zero attached hydrogens (tertiary/aromatic N) is 2. The van der Waals surface area contributed by atoms with Gasteiger partial charge in [0.15, 0.2) is 0 Å². The predicted molar refractivity (Wildman–Crippen MR) is 81.5 cm³/mol. The molecule has 0 aliphatic carbocycles. The summed E-state index contributed by atoms with van der Waals surface area (Å²) in [5, 5.41) is 0. The van der Waals surface area contributed by atoms with Crippen molar-refractivity contribution in [3.05, 3.63) is 18.0 Å². The zero-order valence-corrected chi connectivity index (χ0v) is 14.1. The number of alkyl halides is 1. The molecule has 1 aromatic heterocycles. The van der Waals surface area contributed by atoms with Gasteiger partial charge in [-0.3, -0.25) is 0 Å². The molecule has 0 N–H and O–H groups in total. The maximum atomic E-state index is 12.7. The van der Waals surface area contributed by atoms with Gasteiger partial charge in [-0.2, -0.15) is 4.31 Å². The number of hydrogen-bond acceptors (Lipinski definition) is 2. The van der Waals surface area contributed by atoms with Gasteiger partial charge in [-0.05, 0) is 31.7 Å². The summed E-state index contributed by atoms with van der Waals surface area (Å²) in [4.78, 5) is 0.364. The second kappa shape index (κ2) is 5.70. The second-order valence-corrected chi connectivity index (χ2v) is 8.28. The Morgan fingerprint density at radius 1 is 1.30 bits per heavy atom. The molecule has 0 amide bonds. The van der Waals surface area contributed by atoms with E-state index in [9.17, 15) is 8.42 Å². The molecule has 0 bridgehead atoms. The van der Waals surface area contributed by atoms with Crippen molar-refractivity contribution in [2.45, 2.75) is 44.5 Å². The van der Waals surface area contributed by atoms with E-state index in [2.05, 4.69) is 13.8 Å². The summed E-state index contributed by atoms with van der Waals surface area (Å²) in [5.41, 5.74) is 0.848. The van der Waals surface area contributed by atoms with Crippen LogP contribution in [-0.4, -0.2) is 30.4 Å². The largest absolute Gasteiger partial charge is 0.346 e. The van der Waals surface area contributed by atoms with E-state index in [1.165, 1.54) is 0 Å². The fraction of sp³-hybridized carbons (Fsp3) is 0.714. The molecular formula is C14H23ClN2O2S. The van der Waals surface area contributed by atoms with E-state index in [0.29, 0.717) is 35.7 Å². The molecule has 1 aliphatic heterocycles. The highest BCUT2D eigenvalue weighted by Gasteiger charge is 2.35. The molecule has 2 atom stereocenters. The van der Waals surface area contributed by atoms with Crippen LogP contribution in [0.5, 0.6) is 0 Å². The summed E-state index contributed by atoms with van der Waals surface area (Å²) < 4.78 is 28.9. The van der Waals surface area contributed by atoms with Crippen LogP contribution < -0.4 is 0 Å². The van der Waals surface area contributed by atoms with E-state index in [4.69, 9.17) is 11.6 Å². The van der Waals surface area contributed by atoms with E-state index < -0.39 is 10.0 Å². The van der Waals surface area contributed by atoms with Crippen LogP contribution in [0.4, 0.5) is 0 Å². The van der Waals surface area contributed by atoms with Crippen molar-refractivity contribution in [3.8, 4) is 0 Å². The number of hydrogen-bond donors (Lipinski definition) is 0. The van der Waals surface area contributed by atoms with Crippen molar-refractivity contribution >= 4 is 21.6 Å². The van der Waals surface area contributed by atoms with Crippen LogP contribution in [0.1, 0.15) is 39.4 Å². The average Bonchev–Trinajstić information content (AvgIpc) is 2.94. The molecule has 2 rings (SSSR count). The van der Waals surface area contributed by atoms with Gasteiger partial charge in [-0.1, -0.05) is 13.8 Å². The third-order valence-electron chi connectivity index (χ3n) is 4.19. The van der Waals surface area contributed by atoms with Crippen LogP contribution in [0, 0.1) is 11.8 Å². The van der Waals surface area contributed by atoms with Crippen LogP contribution in [0.25, 0.3) is 0 Å². The Bertz CT molecular complexity index is 570. The molecular weight excluding hydrogens is 296 g/mol. The fourth-order valence-electron chi connectivity index (χ4n) is 2.65. The number of aromatic nitrogens is 1. The lowest BCUT2D eigenvalue weighted by Crippen LogP contribution is -2.28. The van der Waals surface area contributed by atoms with Gasteiger partial charge < -0.3 is 4.57 Å². The van der Waals surface area contributed by atoms with Crippen molar-refractivity contribution in [2.75, 3.05) is 13.1 Å². The molecule has 0 aromatic carbocycles. The zero-order chi connectivity index (χ0) is 15.1.